The second kappa shape index (κ2) is 9.27. The van der Waals surface area contributed by atoms with Crippen molar-refractivity contribution in [2.75, 3.05) is 26.0 Å². The smallest absolute Gasteiger partial charge is 0.243 e. The van der Waals surface area contributed by atoms with E-state index in [9.17, 15) is 18.0 Å². The molecule has 0 aliphatic carbocycles. The first kappa shape index (κ1) is 21.8. The number of aryl methyl sites for hydroxylation is 1. The molecule has 2 N–H and O–H groups in total. The summed E-state index contributed by atoms with van der Waals surface area (Å²) in [5, 5.41) is 5.50. The molecule has 0 spiro atoms. The standard InChI is InChI=1S/C21H25N3O5S/c1-24(14-21(26)22-13-15-5-3-7-17(11-15)29-2)30(27,28)18-9-10-19-16(12-18)6-4-8-20(25)23-19/h3,5,7,9-12H,4,6,8,13-14H2,1-2H3,(H,22,26)(H,23,25). The zero-order valence-corrected chi connectivity index (χ0v) is 17.8. The number of rotatable bonds is 7. The Hall–Kier alpha value is -2.91. The highest BCUT2D eigenvalue weighted by molar-refractivity contribution is 7.89. The van der Waals surface area contributed by atoms with Crippen LogP contribution in [0.2, 0.25) is 0 Å². The van der Waals surface area contributed by atoms with Crippen LogP contribution in [0.1, 0.15) is 24.0 Å². The topological polar surface area (TPSA) is 105 Å². The molecule has 0 aromatic heterocycles. The number of amides is 2. The molecule has 1 heterocycles. The van der Waals surface area contributed by atoms with Crippen molar-refractivity contribution < 1.29 is 22.7 Å². The Balaban J connectivity index is 1.65. The average molecular weight is 432 g/mol. The van der Waals surface area contributed by atoms with Crippen LogP contribution in [0.15, 0.2) is 47.4 Å². The highest BCUT2D eigenvalue weighted by atomic mass is 32.2. The summed E-state index contributed by atoms with van der Waals surface area (Å²) in [5.41, 5.74) is 2.26. The molecular formula is C21H25N3O5S. The number of sulfonamides is 1. The Kier molecular flexibility index (Phi) is 6.73. The number of carbonyl (C=O) groups excluding carboxylic acids is 2. The lowest BCUT2D eigenvalue weighted by molar-refractivity contribution is -0.121. The molecule has 0 atom stereocenters. The molecule has 0 fully saturated rings. The van der Waals surface area contributed by atoms with Gasteiger partial charge in [0.1, 0.15) is 5.75 Å². The van der Waals surface area contributed by atoms with Crippen molar-refractivity contribution in [1.29, 1.82) is 0 Å². The molecule has 2 aromatic carbocycles. The van der Waals surface area contributed by atoms with Crippen LogP contribution in [0.4, 0.5) is 5.69 Å². The van der Waals surface area contributed by atoms with E-state index in [1.807, 2.05) is 12.1 Å². The number of fused-ring (bicyclic) bond motifs is 1. The van der Waals surface area contributed by atoms with E-state index in [1.54, 1.807) is 31.4 Å². The summed E-state index contributed by atoms with van der Waals surface area (Å²) in [6, 6.07) is 11.9. The molecule has 1 aliphatic heterocycles. The molecule has 160 valence electrons. The first-order chi connectivity index (χ1) is 14.3. The van der Waals surface area contributed by atoms with Gasteiger partial charge >= 0.3 is 0 Å². The molecule has 8 nitrogen and oxygen atoms in total. The van der Waals surface area contributed by atoms with Gasteiger partial charge in [0.05, 0.1) is 18.6 Å². The van der Waals surface area contributed by atoms with Gasteiger partial charge in [0.15, 0.2) is 0 Å². The Morgan fingerprint density at radius 1 is 1.20 bits per heavy atom. The fraction of sp³-hybridized carbons (Fsp3) is 0.333. The molecule has 0 saturated heterocycles. The van der Waals surface area contributed by atoms with Crippen molar-refractivity contribution in [2.45, 2.75) is 30.7 Å². The van der Waals surface area contributed by atoms with Gasteiger partial charge in [0.25, 0.3) is 0 Å². The summed E-state index contributed by atoms with van der Waals surface area (Å²) < 4.78 is 32.0. The van der Waals surface area contributed by atoms with Crippen LogP contribution in [-0.2, 0) is 32.6 Å². The molecule has 0 saturated carbocycles. The highest BCUT2D eigenvalue weighted by Gasteiger charge is 2.24. The minimum absolute atomic E-state index is 0.0748. The number of methoxy groups -OCH3 is 1. The van der Waals surface area contributed by atoms with Gasteiger partial charge < -0.3 is 15.4 Å². The SMILES string of the molecule is COc1cccc(CNC(=O)CN(C)S(=O)(=O)c2ccc3c(c2)CCCC(=O)N3)c1. The maximum Gasteiger partial charge on any atom is 0.243 e. The van der Waals surface area contributed by atoms with E-state index in [0.29, 0.717) is 30.7 Å². The van der Waals surface area contributed by atoms with Gasteiger partial charge in [-0.15, -0.1) is 0 Å². The van der Waals surface area contributed by atoms with Crippen molar-refractivity contribution in [3.63, 3.8) is 0 Å². The predicted molar refractivity (Wildman–Crippen MR) is 113 cm³/mol. The number of likely N-dealkylation sites (N-methyl/N-ethyl adjacent to an activating group) is 1. The summed E-state index contributed by atoms with van der Waals surface area (Å²) >= 11 is 0. The molecule has 0 radical (unpaired) electrons. The molecular weight excluding hydrogens is 406 g/mol. The van der Waals surface area contributed by atoms with Crippen molar-refractivity contribution in [1.82, 2.24) is 9.62 Å². The Bertz CT molecular complexity index is 1050. The van der Waals surface area contributed by atoms with Crippen LogP contribution in [-0.4, -0.2) is 45.2 Å². The van der Waals surface area contributed by atoms with Gasteiger partial charge in [-0.3, -0.25) is 9.59 Å². The summed E-state index contributed by atoms with van der Waals surface area (Å²) in [5.74, 6) is 0.195. The van der Waals surface area contributed by atoms with Crippen LogP contribution >= 0.6 is 0 Å². The summed E-state index contributed by atoms with van der Waals surface area (Å²) in [6.45, 7) is -0.0391. The van der Waals surface area contributed by atoms with E-state index >= 15 is 0 Å². The summed E-state index contributed by atoms with van der Waals surface area (Å²) in [6.07, 6.45) is 1.68. The fourth-order valence-electron chi connectivity index (χ4n) is 3.22. The molecule has 1 aliphatic rings. The molecule has 2 aromatic rings. The summed E-state index contributed by atoms with van der Waals surface area (Å²) in [7, 11) is -0.914. The van der Waals surface area contributed by atoms with Crippen LogP contribution in [0.5, 0.6) is 5.75 Å². The average Bonchev–Trinajstić information content (AvgIpc) is 2.92. The lowest BCUT2D eigenvalue weighted by Crippen LogP contribution is -2.38. The van der Waals surface area contributed by atoms with Gasteiger partial charge in [-0.1, -0.05) is 12.1 Å². The molecule has 0 unspecified atom stereocenters. The van der Waals surface area contributed by atoms with Gasteiger partial charge in [0.2, 0.25) is 21.8 Å². The number of nitrogens with one attached hydrogen (secondary N) is 2. The molecule has 2 amide bonds. The number of benzene rings is 2. The van der Waals surface area contributed by atoms with E-state index in [-0.39, 0.29) is 23.9 Å². The Labute approximate surface area is 176 Å². The number of nitrogens with zero attached hydrogens (tertiary/aromatic N) is 1. The monoisotopic (exact) mass is 431 g/mol. The van der Waals surface area contributed by atoms with E-state index < -0.39 is 15.9 Å². The Morgan fingerprint density at radius 2 is 2.00 bits per heavy atom. The number of hydrogen-bond donors (Lipinski definition) is 2. The Morgan fingerprint density at radius 3 is 2.77 bits per heavy atom. The number of hydrogen-bond acceptors (Lipinski definition) is 5. The third kappa shape index (κ3) is 5.17. The van der Waals surface area contributed by atoms with E-state index in [1.165, 1.54) is 13.1 Å². The third-order valence-electron chi connectivity index (χ3n) is 4.90. The van der Waals surface area contributed by atoms with Crippen molar-refractivity contribution in [3.05, 3.63) is 53.6 Å². The maximum absolute atomic E-state index is 12.9. The van der Waals surface area contributed by atoms with Gasteiger partial charge in [-0.25, -0.2) is 8.42 Å². The van der Waals surface area contributed by atoms with E-state index in [2.05, 4.69) is 10.6 Å². The van der Waals surface area contributed by atoms with Crippen molar-refractivity contribution in [3.8, 4) is 5.75 Å². The molecule has 3 rings (SSSR count). The lowest BCUT2D eigenvalue weighted by atomic mass is 10.1. The quantitative estimate of drug-likeness (QED) is 0.697. The lowest BCUT2D eigenvalue weighted by Gasteiger charge is -2.18. The van der Waals surface area contributed by atoms with Gasteiger partial charge in [-0.05, 0) is 54.3 Å². The van der Waals surface area contributed by atoms with E-state index in [4.69, 9.17) is 4.74 Å². The fourth-order valence-corrected chi connectivity index (χ4v) is 4.40. The summed E-state index contributed by atoms with van der Waals surface area (Å²) in [4.78, 5) is 24.0. The van der Waals surface area contributed by atoms with Crippen LogP contribution in [0.3, 0.4) is 0 Å². The van der Waals surface area contributed by atoms with Crippen LogP contribution < -0.4 is 15.4 Å². The maximum atomic E-state index is 12.9. The largest absolute Gasteiger partial charge is 0.497 e. The van der Waals surface area contributed by atoms with Crippen molar-refractivity contribution >= 4 is 27.5 Å². The third-order valence-corrected chi connectivity index (χ3v) is 6.70. The zero-order valence-electron chi connectivity index (χ0n) is 17.0. The number of anilines is 1. The van der Waals surface area contributed by atoms with Gasteiger partial charge in [-0.2, -0.15) is 4.31 Å². The van der Waals surface area contributed by atoms with Crippen molar-refractivity contribution in [2.24, 2.45) is 0 Å². The number of ether oxygens (including phenoxy) is 1. The second-order valence-electron chi connectivity index (χ2n) is 7.11. The zero-order chi connectivity index (χ0) is 21.7. The normalized spacial score (nSPS) is 13.9. The minimum Gasteiger partial charge on any atom is -0.497 e. The van der Waals surface area contributed by atoms with Gasteiger partial charge in [0, 0.05) is 25.7 Å². The predicted octanol–water partition coefficient (Wildman–Crippen LogP) is 1.91. The minimum atomic E-state index is -3.85. The second-order valence-corrected chi connectivity index (χ2v) is 9.15. The van der Waals surface area contributed by atoms with Crippen LogP contribution in [0.25, 0.3) is 0 Å². The first-order valence-electron chi connectivity index (χ1n) is 9.58. The highest BCUT2D eigenvalue weighted by Crippen LogP contribution is 2.26. The molecule has 9 heteroatoms. The van der Waals surface area contributed by atoms with Crippen LogP contribution in [0, 0.1) is 0 Å². The number of carbonyl (C=O) groups is 2. The first-order valence-corrected chi connectivity index (χ1v) is 11.0. The van der Waals surface area contributed by atoms with E-state index in [0.717, 1.165) is 15.4 Å². The molecule has 30 heavy (non-hydrogen) atoms. The molecule has 0 bridgehead atoms.